The van der Waals surface area contributed by atoms with Crippen molar-refractivity contribution in [2.75, 3.05) is 13.7 Å². The number of carboxylic acids is 1. The number of rotatable bonds is 8. The molecule has 5 nitrogen and oxygen atoms in total. The van der Waals surface area contributed by atoms with Crippen LogP contribution in [0.5, 0.6) is 5.75 Å². The molecule has 0 saturated carbocycles. The summed E-state index contributed by atoms with van der Waals surface area (Å²) in [4.78, 5) is 24.2. The predicted octanol–water partition coefficient (Wildman–Crippen LogP) is 4.42. The lowest BCUT2D eigenvalue weighted by molar-refractivity contribution is -0.136. The van der Waals surface area contributed by atoms with E-state index in [1.807, 2.05) is 24.3 Å². The monoisotopic (exact) mass is 438 g/mol. The lowest BCUT2D eigenvalue weighted by atomic mass is 10.1. The number of halogens is 1. The maximum absolute atomic E-state index is 11.8. The van der Waals surface area contributed by atoms with Crippen LogP contribution >= 0.6 is 27.7 Å². The maximum Gasteiger partial charge on any atom is 0.338 e. The van der Waals surface area contributed by atoms with E-state index in [0.717, 1.165) is 16.2 Å². The van der Waals surface area contributed by atoms with E-state index < -0.39 is 17.2 Å². The molecular weight excluding hydrogens is 420 g/mol. The van der Waals surface area contributed by atoms with Crippen molar-refractivity contribution in [3.05, 3.63) is 58.1 Å². The Morgan fingerprint density at radius 3 is 2.42 bits per heavy atom. The molecule has 0 bridgehead atoms. The number of methoxy groups -OCH3 is 1. The molecule has 138 valence electrons. The summed E-state index contributed by atoms with van der Waals surface area (Å²) in [7, 11) is 1.59. The van der Waals surface area contributed by atoms with E-state index in [1.54, 1.807) is 32.2 Å². The molecule has 0 radical (unpaired) electrons. The summed E-state index contributed by atoms with van der Waals surface area (Å²) in [6.45, 7) is 2.05. The standard InChI is InChI=1S/C19H19BrO5S/c1-3-25-19(23)13-6-9-16(15(20)11-13)26-17(18(21)22)10-12-4-7-14(24-2)8-5-12/h4-9,11,17H,3,10H2,1-2H3,(H,21,22)/t17-/m0/s1. The molecule has 0 amide bonds. The second kappa shape index (κ2) is 9.64. The molecule has 7 heteroatoms. The Morgan fingerprint density at radius 2 is 1.88 bits per heavy atom. The number of carboxylic acid groups (broad SMARTS) is 1. The molecule has 0 unspecified atom stereocenters. The highest BCUT2D eigenvalue weighted by Crippen LogP contribution is 2.33. The quantitative estimate of drug-likeness (QED) is 0.485. The fraction of sp³-hybridized carbons (Fsp3) is 0.263. The third kappa shape index (κ3) is 5.51. The summed E-state index contributed by atoms with van der Waals surface area (Å²) < 4.78 is 10.7. The van der Waals surface area contributed by atoms with Gasteiger partial charge in [0.25, 0.3) is 0 Å². The summed E-state index contributed by atoms with van der Waals surface area (Å²) in [5.41, 5.74) is 1.33. The van der Waals surface area contributed by atoms with Crippen LogP contribution in [0.1, 0.15) is 22.8 Å². The number of hydrogen-bond donors (Lipinski definition) is 1. The van der Waals surface area contributed by atoms with Gasteiger partial charge in [-0.3, -0.25) is 4.79 Å². The number of esters is 1. The zero-order chi connectivity index (χ0) is 19.1. The van der Waals surface area contributed by atoms with Crippen LogP contribution in [0.4, 0.5) is 0 Å². The van der Waals surface area contributed by atoms with Gasteiger partial charge in [0, 0.05) is 9.37 Å². The molecule has 1 N–H and O–H groups in total. The Hall–Kier alpha value is -1.99. The van der Waals surface area contributed by atoms with Gasteiger partial charge in [0.2, 0.25) is 0 Å². The highest BCUT2D eigenvalue weighted by atomic mass is 79.9. The average molecular weight is 439 g/mol. The Bertz CT molecular complexity index is 776. The topological polar surface area (TPSA) is 72.8 Å². The summed E-state index contributed by atoms with van der Waals surface area (Å²) in [5, 5.41) is 8.91. The molecule has 2 aromatic rings. The first-order chi connectivity index (χ1) is 12.4. The van der Waals surface area contributed by atoms with Gasteiger partial charge in [-0.1, -0.05) is 12.1 Å². The van der Waals surface area contributed by atoms with Gasteiger partial charge in [0.05, 0.1) is 19.3 Å². The SMILES string of the molecule is CCOC(=O)c1ccc(S[C@@H](Cc2ccc(OC)cc2)C(=O)O)c(Br)c1. The Kier molecular flexibility index (Phi) is 7.53. The van der Waals surface area contributed by atoms with E-state index in [9.17, 15) is 14.7 Å². The Labute approximate surface area is 164 Å². The van der Waals surface area contributed by atoms with Crippen LogP contribution in [-0.4, -0.2) is 36.0 Å². The van der Waals surface area contributed by atoms with Gasteiger partial charge in [0.15, 0.2) is 0 Å². The molecule has 2 rings (SSSR count). The molecule has 0 aromatic heterocycles. The smallest absolute Gasteiger partial charge is 0.338 e. The first-order valence-corrected chi connectivity index (χ1v) is 9.61. The molecule has 0 heterocycles. The van der Waals surface area contributed by atoms with Gasteiger partial charge in [-0.15, -0.1) is 11.8 Å². The van der Waals surface area contributed by atoms with E-state index in [1.165, 1.54) is 11.8 Å². The van der Waals surface area contributed by atoms with Crippen LogP contribution in [0.15, 0.2) is 51.8 Å². The molecule has 0 aliphatic carbocycles. The third-order valence-electron chi connectivity index (χ3n) is 3.57. The lowest BCUT2D eigenvalue weighted by Gasteiger charge is -2.14. The van der Waals surface area contributed by atoms with Gasteiger partial charge in [0.1, 0.15) is 11.0 Å². The number of carbonyl (C=O) groups excluding carboxylic acids is 1. The number of aliphatic carboxylic acids is 1. The number of hydrogen-bond acceptors (Lipinski definition) is 5. The van der Waals surface area contributed by atoms with Gasteiger partial charge in [-0.2, -0.15) is 0 Å². The van der Waals surface area contributed by atoms with Crippen molar-refractivity contribution in [3.63, 3.8) is 0 Å². The van der Waals surface area contributed by atoms with Crippen molar-refractivity contribution >= 4 is 39.6 Å². The zero-order valence-electron chi connectivity index (χ0n) is 14.4. The van der Waals surface area contributed by atoms with Crippen LogP contribution in [0.3, 0.4) is 0 Å². The second-order valence-electron chi connectivity index (χ2n) is 5.36. The van der Waals surface area contributed by atoms with Gasteiger partial charge >= 0.3 is 11.9 Å². The van der Waals surface area contributed by atoms with Crippen molar-refractivity contribution in [1.82, 2.24) is 0 Å². The minimum atomic E-state index is -0.896. The molecule has 2 aromatic carbocycles. The first-order valence-electron chi connectivity index (χ1n) is 7.93. The summed E-state index contributed by atoms with van der Waals surface area (Å²) in [5.74, 6) is -0.574. The first kappa shape index (κ1) is 20.3. The van der Waals surface area contributed by atoms with Crippen molar-refractivity contribution in [1.29, 1.82) is 0 Å². The second-order valence-corrected chi connectivity index (χ2v) is 7.46. The number of thioether (sulfide) groups is 1. The fourth-order valence-corrected chi connectivity index (χ4v) is 3.91. The van der Waals surface area contributed by atoms with Crippen LogP contribution in [0, 0.1) is 0 Å². The number of carbonyl (C=O) groups is 2. The van der Waals surface area contributed by atoms with Crippen LogP contribution < -0.4 is 4.74 Å². The average Bonchev–Trinajstić information content (AvgIpc) is 2.63. The minimum Gasteiger partial charge on any atom is -0.497 e. The van der Waals surface area contributed by atoms with Crippen LogP contribution in [-0.2, 0) is 16.0 Å². The lowest BCUT2D eigenvalue weighted by Crippen LogP contribution is -2.19. The number of ether oxygens (including phenoxy) is 2. The molecule has 1 atom stereocenters. The zero-order valence-corrected chi connectivity index (χ0v) is 16.8. The predicted molar refractivity (Wildman–Crippen MR) is 104 cm³/mol. The Balaban J connectivity index is 2.13. The van der Waals surface area contributed by atoms with E-state index in [0.29, 0.717) is 23.1 Å². The van der Waals surface area contributed by atoms with E-state index in [4.69, 9.17) is 9.47 Å². The van der Waals surface area contributed by atoms with E-state index in [2.05, 4.69) is 15.9 Å². The highest BCUT2D eigenvalue weighted by Gasteiger charge is 2.21. The van der Waals surface area contributed by atoms with Gasteiger partial charge in [-0.05, 0) is 65.2 Å². The molecule has 0 spiro atoms. The normalized spacial score (nSPS) is 11.7. The van der Waals surface area contributed by atoms with Crippen molar-refractivity contribution in [2.45, 2.75) is 23.5 Å². The molecule has 0 fully saturated rings. The summed E-state index contributed by atoms with van der Waals surface area (Å²) >= 11 is 4.64. The van der Waals surface area contributed by atoms with Crippen molar-refractivity contribution < 1.29 is 24.2 Å². The number of benzene rings is 2. The third-order valence-corrected chi connectivity index (χ3v) is 5.75. The summed E-state index contributed by atoms with van der Waals surface area (Å²) in [6, 6.07) is 12.3. The maximum atomic E-state index is 11.8. The van der Waals surface area contributed by atoms with E-state index >= 15 is 0 Å². The largest absolute Gasteiger partial charge is 0.497 e. The van der Waals surface area contributed by atoms with Crippen molar-refractivity contribution in [2.24, 2.45) is 0 Å². The van der Waals surface area contributed by atoms with E-state index in [-0.39, 0.29) is 0 Å². The summed E-state index contributed by atoms with van der Waals surface area (Å²) in [6.07, 6.45) is 0.371. The van der Waals surface area contributed by atoms with Crippen LogP contribution in [0.2, 0.25) is 0 Å². The van der Waals surface area contributed by atoms with Gasteiger partial charge < -0.3 is 14.6 Å². The van der Waals surface area contributed by atoms with Gasteiger partial charge in [-0.25, -0.2) is 4.79 Å². The molecule has 0 aliphatic rings. The fourth-order valence-electron chi connectivity index (χ4n) is 2.25. The molecule has 26 heavy (non-hydrogen) atoms. The Morgan fingerprint density at radius 1 is 1.19 bits per heavy atom. The minimum absolute atomic E-state index is 0.301. The van der Waals surface area contributed by atoms with Crippen LogP contribution in [0.25, 0.3) is 0 Å². The molecular formula is C19H19BrO5S. The van der Waals surface area contributed by atoms with Crippen molar-refractivity contribution in [3.8, 4) is 5.75 Å². The molecule has 0 saturated heterocycles. The highest BCUT2D eigenvalue weighted by molar-refractivity contribution is 9.10. The molecule has 0 aliphatic heterocycles.